The summed E-state index contributed by atoms with van der Waals surface area (Å²) in [5.74, 6) is 0. The van der Waals surface area contributed by atoms with E-state index in [4.69, 9.17) is 4.74 Å². The van der Waals surface area contributed by atoms with Gasteiger partial charge in [-0.25, -0.2) is 0 Å². The Labute approximate surface area is 124 Å². The van der Waals surface area contributed by atoms with E-state index in [1.165, 1.54) is 16.5 Å². The van der Waals surface area contributed by atoms with Crippen molar-refractivity contribution in [3.63, 3.8) is 0 Å². The van der Waals surface area contributed by atoms with Gasteiger partial charge in [0.15, 0.2) is 0 Å². The van der Waals surface area contributed by atoms with Crippen molar-refractivity contribution in [2.75, 3.05) is 13.7 Å². The van der Waals surface area contributed by atoms with Crippen molar-refractivity contribution in [3.8, 4) is 0 Å². The first-order valence-electron chi connectivity index (χ1n) is 7.72. The van der Waals surface area contributed by atoms with Gasteiger partial charge in [0.2, 0.25) is 0 Å². The number of fused-ring (bicyclic) bond motifs is 2. The number of rotatable bonds is 2. The average Bonchev–Trinajstić information content (AvgIpc) is 2.93. The van der Waals surface area contributed by atoms with Gasteiger partial charge in [0.25, 0.3) is 0 Å². The first-order valence-corrected chi connectivity index (χ1v) is 7.72. The van der Waals surface area contributed by atoms with Crippen molar-refractivity contribution in [1.82, 2.24) is 10.3 Å². The first-order chi connectivity index (χ1) is 10.1. The van der Waals surface area contributed by atoms with Crippen LogP contribution in [0.3, 0.4) is 0 Å². The maximum Gasteiger partial charge on any atom is 0.112 e. The van der Waals surface area contributed by atoms with Crippen molar-refractivity contribution >= 4 is 10.9 Å². The standard InChI is InChI=1S/C17H22N2O2/c1-3-16(20)9-17(21-2)12-5-4-6-13-15(12)11(8-18-13)7-14(17)19-10-16/h4-6,8,14,18-20H,3,7,9-10H2,1-2H3/t14-,16-,17+/m1/s1. The van der Waals surface area contributed by atoms with Crippen LogP contribution in [0, 0.1) is 0 Å². The highest BCUT2D eigenvalue weighted by Gasteiger charge is 2.53. The Bertz CT molecular complexity index is 695. The second-order valence-corrected chi connectivity index (χ2v) is 6.53. The number of aromatic amines is 1. The van der Waals surface area contributed by atoms with E-state index < -0.39 is 11.2 Å². The largest absolute Gasteiger partial charge is 0.388 e. The van der Waals surface area contributed by atoms with Crippen LogP contribution in [0.15, 0.2) is 24.4 Å². The molecule has 2 heterocycles. The maximum absolute atomic E-state index is 10.8. The van der Waals surface area contributed by atoms with Gasteiger partial charge in [-0.15, -0.1) is 0 Å². The summed E-state index contributed by atoms with van der Waals surface area (Å²) in [5.41, 5.74) is 2.55. The minimum Gasteiger partial charge on any atom is -0.388 e. The van der Waals surface area contributed by atoms with Gasteiger partial charge in [-0.3, -0.25) is 0 Å². The number of hydrogen-bond donors (Lipinski definition) is 3. The highest BCUT2D eigenvalue weighted by atomic mass is 16.5. The third-order valence-electron chi connectivity index (χ3n) is 5.52. The molecule has 1 fully saturated rings. The van der Waals surface area contributed by atoms with Crippen LogP contribution in [-0.4, -0.2) is 35.4 Å². The van der Waals surface area contributed by atoms with Crippen LogP contribution in [0.4, 0.5) is 0 Å². The molecule has 4 rings (SSSR count). The third kappa shape index (κ3) is 1.67. The average molecular weight is 286 g/mol. The van der Waals surface area contributed by atoms with Crippen LogP contribution < -0.4 is 5.32 Å². The molecular weight excluding hydrogens is 264 g/mol. The van der Waals surface area contributed by atoms with Gasteiger partial charge in [0.1, 0.15) is 5.60 Å². The normalized spacial score (nSPS) is 34.9. The number of aromatic nitrogens is 1. The van der Waals surface area contributed by atoms with Crippen LogP contribution in [0.1, 0.15) is 30.9 Å². The lowest BCUT2D eigenvalue weighted by molar-refractivity contribution is -0.139. The molecule has 1 aliphatic heterocycles. The Balaban J connectivity index is 1.95. The summed E-state index contributed by atoms with van der Waals surface area (Å²) in [6, 6.07) is 6.54. The van der Waals surface area contributed by atoms with Gasteiger partial charge in [-0.05, 0) is 30.0 Å². The van der Waals surface area contributed by atoms with E-state index in [0.29, 0.717) is 13.0 Å². The fourth-order valence-corrected chi connectivity index (χ4v) is 4.24. The van der Waals surface area contributed by atoms with Gasteiger partial charge in [0, 0.05) is 43.2 Å². The predicted octanol–water partition coefficient (Wildman–Crippen LogP) is 2.07. The van der Waals surface area contributed by atoms with E-state index in [-0.39, 0.29) is 6.04 Å². The topological polar surface area (TPSA) is 57.3 Å². The second kappa shape index (κ2) is 4.32. The number of ether oxygens (including phenoxy) is 1. The Morgan fingerprint density at radius 2 is 2.29 bits per heavy atom. The Morgan fingerprint density at radius 3 is 3.05 bits per heavy atom. The summed E-state index contributed by atoms with van der Waals surface area (Å²) in [6.45, 7) is 2.67. The lowest BCUT2D eigenvalue weighted by Crippen LogP contribution is -2.64. The van der Waals surface area contributed by atoms with E-state index in [0.717, 1.165) is 18.4 Å². The third-order valence-corrected chi connectivity index (χ3v) is 5.52. The van der Waals surface area contributed by atoms with Crippen LogP contribution in [-0.2, 0) is 16.8 Å². The Hall–Kier alpha value is -1.36. The van der Waals surface area contributed by atoms with Crippen molar-refractivity contribution < 1.29 is 9.84 Å². The summed E-state index contributed by atoms with van der Waals surface area (Å²) in [6.07, 6.45) is 4.42. The van der Waals surface area contributed by atoms with Crippen molar-refractivity contribution in [2.45, 2.75) is 43.4 Å². The zero-order valence-electron chi connectivity index (χ0n) is 12.6. The summed E-state index contributed by atoms with van der Waals surface area (Å²) < 4.78 is 6.06. The monoisotopic (exact) mass is 286 g/mol. The number of piperidine rings is 1. The molecule has 0 bridgehead atoms. The highest BCUT2D eigenvalue weighted by Crippen LogP contribution is 2.48. The molecule has 0 unspecified atom stereocenters. The molecule has 112 valence electrons. The van der Waals surface area contributed by atoms with Gasteiger partial charge in [-0.2, -0.15) is 0 Å². The number of benzene rings is 1. The quantitative estimate of drug-likeness (QED) is 0.792. The smallest absolute Gasteiger partial charge is 0.112 e. The second-order valence-electron chi connectivity index (χ2n) is 6.53. The van der Waals surface area contributed by atoms with Crippen LogP contribution in [0.2, 0.25) is 0 Å². The van der Waals surface area contributed by atoms with Crippen molar-refractivity contribution in [1.29, 1.82) is 0 Å². The number of aliphatic hydroxyl groups is 1. The number of β-amino-alcohol motifs (C(OH)–C–C–N with tert-alkyl or cyclic N) is 1. The molecule has 0 amide bonds. The number of H-pyrrole nitrogens is 1. The molecular formula is C17H22N2O2. The molecule has 0 saturated carbocycles. The first kappa shape index (κ1) is 13.3. The zero-order chi connectivity index (χ0) is 14.7. The predicted molar refractivity (Wildman–Crippen MR) is 82.3 cm³/mol. The van der Waals surface area contributed by atoms with Crippen LogP contribution in [0.5, 0.6) is 0 Å². The van der Waals surface area contributed by atoms with Gasteiger partial charge in [0.05, 0.1) is 5.60 Å². The molecule has 1 aromatic carbocycles. The summed E-state index contributed by atoms with van der Waals surface area (Å²) in [5, 5.41) is 15.6. The van der Waals surface area contributed by atoms with Crippen molar-refractivity contribution in [2.24, 2.45) is 0 Å². The SMILES string of the molecule is CC[C@]1(O)CN[C@@H]2Cc3c[nH]c4cccc(c34)[C@@]2(OC)C1. The van der Waals surface area contributed by atoms with Gasteiger partial charge in [-0.1, -0.05) is 19.1 Å². The molecule has 0 spiro atoms. The lowest BCUT2D eigenvalue weighted by atomic mass is 9.67. The number of hydrogen-bond acceptors (Lipinski definition) is 3. The minimum atomic E-state index is -0.706. The van der Waals surface area contributed by atoms with E-state index in [2.05, 4.69) is 34.7 Å². The van der Waals surface area contributed by atoms with Crippen molar-refractivity contribution in [3.05, 3.63) is 35.5 Å². The Kier molecular flexibility index (Phi) is 2.74. The zero-order valence-corrected chi connectivity index (χ0v) is 12.6. The summed E-state index contributed by atoms with van der Waals surface area (Å²) >= 11 is 0. The Morgan fingerprint density at radius 1 is 1.43 bits per heavy atom. The number of nitrogens with one attached hydrogen (secondary N) is 2. The molecule has 1 aromatic heterocycles. The molecule has 2 aliphatic rings. The van der Waals surface area contributed by atoms with E-state index in [9.17, 15) is 5.11 Å². The molecule has 21 heavy (non-hydrogen) atoms. The fourth-order valence-electron chi connectivity index (χ4n) is 4.24. The molecule has 1 saturated heterocycles. The van der Waals surface area contributed by atoms with E-state index in [1.807, 2.05) is 6.92 Å². The van der Waals surface area contributed by atoms with Gasteiger partial charge >= 0.3 is 0 Å². The number of methoxy groups -OCH3 is 1. The minimum absolute atomic E-state index is 0.211. The molecule has 4 heteroatoms. The molecule has 3 atom stereocenters. The maximum atomic E-state index is 10.8. The molecule has 3 N–H and O–H groups in total. The summed E-state index contributed by atoms with van der Waals surface area (Å²) in [4.78, 5) is 3.36. The van der Waals surface area contributed by atoms with Gasteiger partial charge < -0.3 is 20.1 Å². The highest BCUT2D eigenvalue weighted by molar-refractivity contribution is 5.88. The summed E-state index contributed by atoms with van der Waals surface area (Å²) in [7, 11) is 1.77. The van der Waals surface area contributed by atoms with Crippen LogP contribution >= 0.6 is 0 Å². The van der Waals surface area contributed by atoms with Crippen LogP contribution in [0.25, 0.3) is 10.9 Å². The molecule has 2 aromatic rings. The molecule has 1 aliphatic carbocycles. The van der Waals surface area contributed by atoms with E-state index in [1.54, 1.807) is 7.11 Å². The van der Waals surface area contributed by atoms with E-state index >= 15 is 0 Å². The molecule has 0 radical (unpaired) electrons. The fraction of sp³-hybridized carbons (Fsp3) is 0.529. The lowest BCUT2D eigenvalue weighted by Gasteiger charge is -2.52. The molecule has 4 nitrogen and oxygen atoms in total.